The van der Waals surface area contributed by atoms with Crippen LogP contribution in [0, 0.1) is 10.1 Å². The van der Waals surface area contributed by atoms with E-state index in [0.717, 1.165) is 6.07 Å². The Labute approximate surface area is 145 Å². The largest absolute Gasteiger partial charge is 0.494 e. The van der Waals surface area contributed by atoms with E-state index in [9.17, 15) is 23.3 Å². The van der Waals surface area contributed by atoms with Gasteiger partial charge in [-0.05, 0) is 18.2 Å². The Morgan fingerprint density at radius 1 is 1.15 bits per heavy atom. The molecule has 0 unspecified atom stereocenters. The number of benzene rings is 2. The van der Waals surface area contributed by atoms with Gasteiger partial charge in [0.25, 0.3) is 5.69 Å². The molecule has 134 valence electrons. The number of hydrogen-bond donors (Lipinski definition) is 1. The zero-order valence-corrected chi connectivity index (χ0v) is 13.4. The molecular weight excluding hydrogens is 351 g/mol. The van der Waals surface area contributed by atoms with Crippen molar-refractivity contribution >= 4 is 28.1 Å². The summed E-state index contributed by atoms with van der Waals surface area (Å²) >= 11 is 0. The number of para-hydroxylation sites is 1. The first-order valence-electron chi connectivity index (χ1n) is 7.36. The summed E-state index contributed by atoms with van der Waals surface area (Å²) in [5, 5.41) is 13.6. The van der Waals surface area contributed by atoms with Crippen LogP contribution in [0.25, 0.3) is 10.9 Å². The maximum Gasteiger partial charge on any atom is 0.417 e. The molecule has 3 aromatic rings. The van der Waals surface area contributed by atoms with E-state index in [1.165, 1.54) is 43.5 Å². The molecule has 0 saturated carbocycles. The van der Waals surface area contributed by atoms with E-state index in [1.807, 2.05) is 0 Å². The number of nitrogens with zero attached hydrogens (tertiary/aromatic N) is 2. The molecule has 1 heterocycles. The molecule has 0 spiro atoms. The molecule has 0 atom stereocenters. The van der Waals surface area contributed by atoms with E-state index < -0.39 is 16.7 Å². The molecule has 26 heavy (non-hydrogen) atoms. The average molecular weight is 363 g/mol. The molecule has 1 aromatic heterocycles. The molecule has 3 rings (SSSR count). The first-order valence-corrected chi connectivity index (χ1v) is 7.36. The van der Waals surface area contributed by atoms with Crippen molar-refractivity contribution in [3.05, 3.63) is 64.2 Å². The van der Waals surface area contributed by atoms with E-state index in [1.54, 1.807) is 6.07 Å². The predicted octanol–water partition coefficient (Wildman–Crippen LogP) is 4.91. The number of nitro groups is 1. The molecular formula is C17H12F3N3O3. The Hall–Kier alpha value is -3.36. The van der Waals surface area contributed by atoms with E-state index in [2.05, 4.69) is 10.3 Å². The summed E-state index contributed by atoms with van der Waals surface area (Å²) in [5.74, 6) is 0.0610. The second-order valence-electron chi connectivity index (χ2n) is 5.34. The highest BCUT2D eigenvalue weighted by Gasteiger charge is 2.33. The zero-order valence-electron chi connectivity index (χ0n) is 13.4. The van der Waals surface area contributed by atoms with Gasteiger partial charge in [0.2, 0.25) is 0 Å². The van der Waals surface area contributed by atoms with Crippen molar-refractivity contribution in [3.8, 4) is 5.75 Å². The minimum Gasteiger partial charge on any atom is -0.494 e. The highest BCUT2D eigenvalue weighted by Crippen LogP contribution is 2.37. The number of fused-ring (bicyclic) bond motifs is 1. The van der Waals surface area contributed by atoms with Crippen molar-refractivity contribution in [1.29, 1.82) is 0 Å². The smallest absolute Gasteiger partial charge is 0.417 e. The van der Waals surface area contributed by atoms with Gasteiger partial charge in [0, 0.05) is 11.5 Å². The summed E-state index contributed by atoms with van der Waals surface area (Å²) in [6.07, 6.45) is -4.56. The Kier molecular flexibility index (Phi) is 4.37. The maximum atomic E-state index is 13.4. The third kappa shape index (κ3) is 3.37. The van der Waals surface area contributed by atoms with Gasteiger partial charge in [-0.1, -0.05) is 18.2 Å². The van der Waals surface area contributed by atoms with Gasteiger partial charge in [-0.3, -0.25) is 10.1 Å². The van der Waals surface area contributed by atoms with E-state index in [4.69, 9.17) is 4.74 Å². The second-order valence-corrected chi connectivity index (χ2v) is 5.34. The lowest BCUT2D eigenvalue weighted by Crippen LogP contribution is -2.08. The molecule has 0 amide bonds. The first kappa shape index (κ1) is 17.5. The number of hydrogen-bond acceptors (Lipinski definition) is 5. The van der Waals surface area contributed by atoms with Crippen LogP contribution in [-0.4, -0.2) is 17.0 Å². The summed E-state index contributed by atoms with van der Waals surface area (Å²) in [6, 6.07) is 10.6. The van der Waals surface area contributed by atoms with Gasteiger partial charge in [0.05, 0.1) is 34.9 Å². The van der Waals surface area contributed by atoms with Crippen molar-refractivity contribution in [2.45, 2.75) is 6.18 Å². The van der Waals surface area contributed by atoms with Gasteiger partial charge in [-0.15, -0.1) is 0 Å². The van der Waals surface area contributed by atoms with Crippen LogP contribution in [0.3, 0.4) is 0 Å². The molecule has 0 aliphatic rings. The van der Waals surface area contributed by atoms with Crippen molar-refractivity contribution < 1.29 is 22.8 Å². The molecule has 9 heteroatoms. The van der Waals surface area contributed by atoms with Crippen LogP contribution in [-0.2, 0) is 6.18 Å². The molecule has 0 radical (unpaired) electrons. The van der Waals surface area contributed by atoms with Gasteiger partial charge in [0.15, 0.2) is 0 Å². The van der Waals surface area contributed by atoms with Crippen LogP contribution in [0.5, 0.6) is 5.75 Å². The normalized spacial score (nSPS) is 11.4. The van der Waals surface area contributed by atoms with E-state index in [0.29, 0.717) is 0 Å². The van der Waals surface area contributed by atoms with Gasteiger partial charge < -0.3 is 10.1 Å². The number of nitrogens with one attached hydrogen (secondary N) is 1. The Morgan fingerprint density at radius 2 is 1.88 bits per heavy atom. The van der Waals surface area contributed by atoms with Crippen LogP contribution < -0.4 is 10.1 Å². The minimum atomic E-state index is -4.56. The topological polar surface area (TPSA) is 77.3 Å². The number of halogens is 3. The van der Waals surface area contributed by atoms with Crippen molar-refractivity contribution in [3.63, 3.8) is 0 Å². The number of non-ortho nitro benzene ring substituents is 1. The Morgan fingerprint density at radius 3 is 2.54 bits per heavy atom. The highest BCUT2D eigenvalue weighted by atomic mass is 19.4. The molecule has 0 aliphatic carbocycles. The number of methoxy groups -OCH3 is 1. The lowest BCUT2D eigenvalue weighted by molar-refractivity contribution is -0.384. The summed E-state index contributed by atoms with van der Waals surface area (Å²) in [7, 11) is 1.30. The van der Waals surface area contributed by atoms with Gasteiger partial charge >= 0.3 is 6.18 Å². The third-order valence-electron chi connectivity index (χ3n) is 3.68. The second kappa shape index (κ2) is 6.51. The zero-order chi connectivity index (χ0) is 18.9. The van der Waals surface area contributed by atoms with Gasteiger partial charge in [0.1, 0.15) is 11.6 Å². The molecule has 0 saturated heterocycles. The quantitative estimate of drug-likeness (QED) is 0.526. The number of ether oxygens (including phenoxy) is 1. The molecule has 2 aromatic carbocycles. The standard InChI is InChI=1S/C17H12F3N3O3/c1-26-15-8-10(23(24)25)6-7-14(15)22-16-9-12(17(18,19)20)11-4-2-3-5-13(11)21-16/h2-9H,1H3,(H,21,22). The Balaban J connectivity index is 2.08. The van der Waals surface area contributed by atoms with E-state index in [-0.39, 0.29) is 33.8 Å². The summed E-state index contributed by atoms with van der Waals surface area (Å²) in [5.41, 5.74) is -0.596. The number of alkyl halides is 3. The lowest BCUT2D eigenvalue weighted by Gasteiger charge is -2.14. The number of rotatable bonds is 4. The highest BCUT2D eigenvalue weighted by molar-refractivity contribution is 5.85. The average Bonchev–Trinajstić information content (AvgIpc) is 2.60. The molecule has 0 aliphatic heterocycles. The van der Waals surface area contributed by atoms with Gasteiger partial charge in [-0.2, -0.15) is 13.2 Å². The van der Waals surface area contributed by atoms with Gasteiger partial charge in [-0.25, -0.2) is 4.98 Å². The molecule has 1 N–H and O–H groups in total. The predicted molar refractivity (Wildman–Crippen MR) is 89.7 cm³/mol. The number of pyridine rings is 1. The molecule has 6 nitrogen and oxygen atoms in total. The summed E-state index contributed by atoms with van der Waals surface area (Å²) in [4.78, 5) is 14.4. The molecule has 0 fully saturated rings. The summed E-state index contributed by atoms with van der Waals surface area (Å²) < 4.78 is 45.2. The SMILES string of the molecule is COc1cc([N+](=O)[O-])ccc1Nc1cc(C(F)(F)F)c2ccccc2n1. The Bertz CT molecular complexity index is 990. The fraction of sp³-hybridized carbons (Fsp3) is 0.118. The fourth-order valence-electron chi connectivity index (χ4n) is 2.51. The van der Waals surface area contributed by atoms with E-state index >= 15 is 0 Å². The van der Waals surface area contributed by atoms with Crippen LogP contribution in [0.1, 0.15) is 5.56 Å². The van der Waals surface area contributed by atoms with Crippen LogP contribution in [0.2, 0.25) is 0 Å². The maximum absolute atomic E-state index is 13.4. The monoisotopic (exact) mass is 363 g/mol. The first-order chi connectivity index (χ1) is 12.3. The van der Waals surface area contributed by atoms with Crippen LogP contribution >= 0.6 is 0 Å². The molecule has 0 bridgehead atoms. The number of aromatic nitrogens is 1. The van der Waals surface area contributed by atoms with Crippen molar-refractivity contribution in [2.24, 2.45) is 0 Å². The fourth-order valence-corrected chi connectivity index (χ4v) is 2.51. The van der Waals surface area contributed by atoms with Crippen molar-refractivity contribution in [2.75, 3.05) is 12.4 Å². The number of nitro benzene ring substituents is 1. The minimum absolute atomic E-state index is 0.0128. The van der Waals surface area contributed by atoms with Crippen LogP contribution in [0.15, 0.2) is 48.5 Å². The van der Waals surface area contributed by atoms with Crippen LogP contribution in [0.4, 0.5) is 30.4 Å². The van der Waals surface area contributed by atoms with Crippen molar-refractivity contribution in [1.82, 2.24) is 4.98 Å². The third-order valence-corrected chi connectivity index (χ3v) is 3.68. The summed E-state index contributed by atoms with van der Waals surface area (Å²) in [6.45, 7) is 0. The number of anilines is 2. The lowest BCUT2D eigenvalue weighted by atomic mass is 10.1.